The molecule has 0 radical (unpaired) electrons. The van der Waals surface area contributed by atoms with Crippen LogP contribution < -0.4 is 5.32 Å². The second-order valence-electron chi connectivity index (χ2n) is 6.87. The Hall–Kier alpha value is -2.67. The third kappa shape index (κ3) is 3.73. The molecule has 0 saturated carbocycles. The molecular weight excluding hydrogens is 364 g/mol. The Bertz CT molecular complexity index is 997. The van der Waals surface area contributed by atoms with Gasteiger partial charge in [-0.1, -0.05) is 35.4 Å². The van der Waals surface area contributed by atoms with Crippen molar-refractivity contribution in [3.05, 3.63) is 59.2 Å². The molecule has 1 aliphatic rings. The lowest BCUT2D eigenvalue weighted by atomic mass is 10.1. The lowest BCUT2D eigenvalue weighted by Crippen LogP contribution is -2.45. The number of nitrogens with one attached hydrogen (secondary N) is 1. The van der Waals surface area contributed by atoms with Crippen LogP contribution in [0.2, 0.25) is 0 Å². The van der Waals surface area contributed by atoms with Crippen molar-refractivity contribution >= 4 is 27.5 Å². The van der Waals surface area contributed by atoms with Crippen LogP contribution in [0.1, 0.15) is 29.5 Å². The molecule has 1 atom stereocenters. The van der Waals surface area contributed by atoms with E-state index in [1.807, 2.05) is 32.9 Å². The highest BCUT2D eigenvalue weighted by molar-refractivity contribution is 7.89. The summed E-state index contributed by atoms with van der Waals surface area (Å²) in [6.07, 6.45) is 0.191. The predicted molar refractivity (Wildman–Crippen MR) is 103 cm³/mol. The Balaban J connectivity index is 1.89. The van der Waals surface area contributed by atoms with Gasteiger partial charge in [0.25, 0.3) is 10.0 Å². The maximum atomic E-state index is 13.0. The Morgan fingerprint density at radius 3 is 2.30 bits per heavy atom. The summed E-state index contributed by atoms with van der Waals surface area (Å²) in [6.45, 7) is 5.66. The van der Waals surface area contributed by atoms with Gasteiger partial charge < -0.3 is 5.32 Å². The van der Waals surface area contributed by atoms with E-state index in [0.717, 1.165) is 21.0 Å². The van der Waals surface area contributed by atoms with Crippen molar-refractivity contribution in [1.29, 1.82) is 0 Å². The van der Waals surface area contributed by atoms with E-state index in [1.165, 1.54) is 12.1 Å². The molecule has 0 aromatic heterocycles. The number of aryl methyl sites for hydroxylation is 3. The lowest BCUT2D eigenvalue weighted by molar-refractivity contribution is -0.128. The van der Waals surface area contributed by atoms with Crippen LogP contribution in [0.3, 0.4) is 0 Å². The van der Waals surface area contributed by atoms with Gasteiger partial charge in [0.05, 0.1) is 4.90 Å². The minimum atomic E-state index is -4.09. The van der Waals surface area contributed by atoms with Gasteiger partial charge in [0.2, 0.25) is 11.8 Å². The molecule has 1 fully saturated rings. The number of carbonyl (C=O) groups excluding carboxylic acids is 2. The molecule has 2 aromatic rings. The molecule has 1 heterocycles. The smallest absolute Gasteiger partial charge is 0.267 e. The topological polar surface area (TPSA) is 83.6 Å². The van der Waals surface area contributed by atoms with Crippen LogP contribution in [0.15, 0.2) is 47.4 Å². The number of hydrogen-bond donors (Lipinski definition) is 1. The molecule has 2 amide bonds. The summed E-state index contributed by atoms with van der Waals surface area (Å²) in [5, 5.41) is 2.77. The first kappa shape index (κ1) is 19.1. The maximum Gasteiger partial charge on any atom is 0.267 e. The fraction of sp³-hybridized carbons (Fsp3) is 0.300. The number of anilines is 1. The number of carbonyl (C=O) groups is 2. The average Bonchev–Trinajstić information content (AvgIpc) is 3.00. The lowest BCUT2D eigenvalue weighted by Gasteiger charge is -2.24. The van der Waals surface area contributed by atoms with Crippen LogP contribution in [-0.4, -0.2) is 30.6 Å². The zero-order chi connectivity index (χ0) is 19.8. The SMILES string of the molecule is Cc1ccc(S(=O)(=O)N2C(=O)CC[C@@H]2C(=O)Nc2ccc(C)cc2C)cc1. The van der Waals surface area contributed by atoms with E-state index in [0.29, 0.717) is 5.69 Å². The minimum Gasteiger partial charge on any atom is -0.324 e. The molecule has 1 saturated heterocycles. The third-order valence-corrected chi connectivity index (χ3v) is 6.52. The van der Waals surface area contributed by atoms with E-state index in [-0.39, 0.29) is 17.7 Å². The molecular formula is C20H22N2O4S. The largest absolute Gasteiger partial charge is 0.324 e. The van der Waals surface area contributed by atoms with Crippen LogP contribution in [0, 0.1) is 20.8 Å². The number of nitrogens with zero attached hydrogens (tertiary/aromatic N) is 1. The highest BCUT2D eigenvalue weighted by atomic mass is 32.2. The molecule has 1 N–H and O–H groups in total. The molecule has 3 rings (SSSR count). The number of rotatable bonds is 4. The number of amides is 2. The van der Waals surface area contributed by atoms with E-state index in [9.17, 15) is 18.0 Å². The minimum absolute atomic E-state index is 0.00710. The van der Waals surface area contributed by atoms with Crippen LogP contribution in [0.25, 0.3) is 0 Å². The molecule has 0 spiro atoms. The molecule has 0 bridgehead atoms. The fourth-order valence-corrected chi connectivity index (χ4v) is 4.80. The first-order valence-corrected chi connectivity index (χ1v) is 10.2. The van der Waals surface area contributed by atoms with Crippen molar-refractivity contribution < 1.29 is 18.0 Å². The zero-order valence-electron chi connectivity index (χ0n) is 15.5. The van der Waals surface area contributed by atoms with Crippen LogP contribution in [-0.2, 0) is 19.6 Å². The molecule has 0 unspecified atom stereocenters. The van der Waals surface area contributed by atoms with Gasteiger partial charge in [-0.05, 0) is 51.0 Å². The summed E-state index contributed by atoms with van der Waals surface area (Å²) in [7, 11) is -4.09. The summed E-state index contributed by atoms with van der Waals surface area (Å²) < 4.78 is 26.7. The van der Waals surface area contributed by atoms with Crippen molar-refractivity contribution in [1.82, 2.24) is 4.31 Å². The van der Waals surface area contributed by atoms with Crippen molar-refractivity contribution in [3.8, 4) is 0 Å². The summed E-state index contributed by atoms with van der Waals surface area (Å²) in [4.78, 5) is 25.1. The van der Waals surface area contributed by atoms with Gasteiger partial charge in [0.1, 0.15) is 6.04 Å². The van der Waals surface area contributed by atoms with E-state index in [1.54, 1.807) is 18.2 Å². The van der Waals surface area contributed by atoms with Gasteiger partial charge in [0.15, 0.2) is 0 Å². The Morgan fingerprint density at radius 2 is 1.67 bits per heavy atom. The normalized spacial score (nSPS) is 17.2. The van der Waals surface area contributed by atoms with Crippen molar-refractivity contribution in [2.24, 2.45) is 0 Å². The third-order valence-electron chi connectivity index (χ3n) is 4.68. The molecule has 6 nitrogen and oxygen atoms in total. The van der Waals surface area contributed by atoms with E-state index >= 15 is 0 Å². The standard InChI is InChI=1S/C20H22N2O4S/c1-13-4-7-16(8-5-13)27(25,26)22-18(10-11-19(22)23)20(24)21-17-9-6-14(2)12-15(17)3/h4-9,12,18H,10-11H2,1-3H3,(H,21,24)/t18-/m1/s1. The molecule has 142 valence electrons. The molecule has 0 aliphatic carbocycles. The van der Waals surface area contributed by atoms with Crippen molar-refractivity contribution in [2.45, 2.75) is 44.6 Å². The van der Waals surface area contributed by atoms with Gasteiger partial charge in [-0.15, -0.1) is 0 Å². The molecule has 7 heteroatoms. The Kier molecular flexibility index (Phi) is 5.06. The molecule has 2 aromatic carbocycles. The number of benzene rings is 2. The Labute approximate surface area is 159 Å². The first-order chi connectivity index (χ1) is 12.7. The van der Waals surface area contributed by atoms with Gasteiger partial charge >= 0.3 is 0 Å². The summed E-state index contributed by atoms with van der Waals surface area (Å²) in [5.41, 5.74) is 3.45. The monoisotopic (exact) mass is 386 g/mol. The van der Waals surface area contributed by atoms with Crippen LogP contribution in [0.4, 0.5) is 5.69 Å². The second-order valence-corrected chi connectivity index (χ2v) is 8.68. The quantitative estimate of drug-likeness (QED) is 0.876. The maximum absolute atomic E-state index is 13.0. The fourth-order valence-electron chi connectivity index (χ4n) is 3.19. The summed E-state index contributed by atoms with van der Waals surface area (Å²) in [5.74, 6) is -1.06. The van der Waals surface area contributed by atoms with E-state index < -0.39 is 27.9 Å². The Morgan fingerprint density at radius 1 is 1.04 bits per heavy atom. The van der Waals surface area contributed by atoms with Crippen LogP contribution in [0.5, 0.6) is 0 Å². The van der Waals surface area contributed by atoms with Crippen molar-refractivity contribution in [2.75, 3.05) is 5.32 Å². The van der Waals surface area contributed by atoms with Gasteiger partial charge in [-0.3, -0.25) is 9.59 Å². The van der Waals surface area contributed by atoms with Gasteiger partial charge in [-0.2, -0.15) is 0 Å². The summed E-state index contributed by atoms with van der Waals surface area (Å²) in [6, 6.07) is 10.8. The zero-order valence-corrected chi connectivity index (χ0v) is 16.3. The van der Waals surface area contributed by atoms with Crippen molar-refractivity contribution in [3.63, 3.8) is 0 Å². The first-order valence-electron chi connectivity index (χ1n) is 8.72. The summed E-state index contributed by atoms with van der Waals surface area (Å²) >= 11 is 0. The van der Waals surface area contributed by atoms with E-state index in [4.69, 9.17) is 0 Å². The van der Waals surface area contributed by atoms with Gasteiger partial charge in [-0.25, -0.2) is 12.7 Å². The highest BCUT2D eigenvalue weighted by Crippen LogP contribution is 2.28. The highest BCUT2D eigenvalue weighted by Gasteiger charge is 2.44. The van der Waals surface area contributed by atoms with Gasteiger partial charge in [0, 0.05) is 12.1 Å². The molecule has 1 aliphatic heterocycles. The molecule has 27 heavy (non-hydrogen) atoms. The average molecular weight is 386 g/mol. The number of sulfonamides is 1. The second kappa shape index (κ2) is 7.15. The van der Waals surface area contributed by atoms with E-state index in [2.05, 4.69) is 5.32 Å². The predicted octanol–water partition coefficient (Wildman–Crippen LogP) is 2.93. The number of hydrogen-bond acceptors (Lipinski definition) is 4. The van der Waals surface area contributed by atoms with Crippen LogP contribution >= 0.6 is 0 Å².